The summed E-state index contributed by atoms with van der Waals surface area (Å²) in [5, 5.41) is 31.2. The summed E-state index contributed by atoms with van der Waals surface area (Å²) >= 11 is 0. The standard InChI is InChI=1S/C28H33N7O5S/c36-22-3-1-21(2-4-22)32-24-15-26(30-16-19(24)7-9-28(37)10-13-40-14-11-28)33-25-8-12-29-27(34-25)20-17-31-35(18-20)41(38,39)23-5-6-23/h8,12,15-18,21-23,36-37H,1-6,10-11,13-14H2,(H2,29,30,32,33,34). The lowest BCUT2D eigenvalue weighted by atomic mass is 9.92. The summed E-state index contributed by atoms with van der Waals surface area (Å²) in [6.07, 6.45) is 11.2. The van der Waals surface area contributed by atoms with Gasteiger partial charge in [0.2, 0.25) is 0 Å². The Morgan fingerprint density at radius 2 is 1.83 bits per heavy atom. The minimum absolute atomic E-state index is 0.175. The van der Waals surface area contributed by atoms with E-state index in [1.54, 1.807) is 18.5 Å². The first-order valence-electron chi connectivity index (χ1n) is 13.9. The lowest BCUT2D eigenvalue weighted by Crippen LogP contribution is -2.34. The zero-order valence-electron chi connectivity index (χ0n) is 22.5. The van der Waals surface area contributed by atoms with Gasteiger partial charge in [-0.1, -0.05) is 11.8 Å². The van der Waals surface area contributed by atoms with Crippen molar-refractivity contribution in [1.82, 2.24) is 24.1 Å². The zero-order chi connectivity index (χ0) is 28.5. The first-order chi connectivity index (χ1) is 19.8. The number of ether oxygens (including phenoxy) is 1. The molecule has 4 N–H and O–H groups in total. The summed E-state index contributed by atoms with van der Waals surface area (Å²) in [6.45, 7) is 0.944. The highest BCUT2D eigenvalue weighted by molar-refractivity contribution is 7.90. The fourth-order valence-electron chi connectivity index (χ4n) is 4.98. The smallest absolute Gasteiger partial charge is 0.256 e. The Kier molecular flexibility index (Phi) is 7.65. The molecule has 41 heavy (non-hydrogen) atoms. The molecule has 1 aliphatic heterocycles. The maximum Gasteiger partial charge on any atom is 0.256 e. The topological polar surface area (TPSA) is 164 Å². The molecule has 3 aromatic heterocycles. The van der Waals surface area contributed by atoms with Crippen LogP contribution in [0.3, 0.4) is 0 Å². The molecule has 0 spiro atoms. The van der Waals surface area contributed by atoms with Gasteiger partial charge in [0, 0.05) is 37.3 Å². The molecule has 13 heteroatoms. The van der Waals surface area contributed by atoms with Crippen LogP contribution in [0.4, 0.5) is 17.3 Å². The quantitative estimate of drug-likeness (QED) is 0.304. The molecule has 0 amide bonds. The minimum atomic E-state index is -3.48. The van der Waals surface area contributed by atoms with Crippen molar-refractivity contribution in [3.8, 4) is 23.2 Å². The molecule has 0 unspecified atom stereocenters. The molecule has 4 heterocycles. The second-order valence-corrected chi connectivity index (χ2v) is 13.0. The second-order valence-electron chi connectivity index (χ2n) is 10.9. The number of nitrogens with one attached hydrogen (secondary N) is 2. The minimum Gasteiger partial charge on any atom is -0.393 e. The fourth-order valence-corrected chi connectivity index (χ4v) is 6.45. The molecule has 1 saturated heterocycles. The van der Waals surface area contributed by atoms with E-state index in [4.69, 9.17) is 4.74 Å². The molecule has 0 radical (unpaired) electrons. The maximum atomic E-state index is 12.5. The molecular weight excluding hydrogens is 546 g/mol. The van der Waals surface area contributed by atoms with E-state index < -0.39 is 15.6 Å². The monoisotopic (exact) mass is 579 g/mol. The van der Waals surface area contributed by atoms with Gasteiger partial charge in [-0.3, -0.25) is 0 Å². The van der Waals surface area contributed by atoms with Crippen LogP contribution in [-0.2, 0) is 14.8 Å². The van der Waals surface area contributed by atoms with E-state index >= 15 is 0 Å². The van der Waals surface area contributed by atoms with E-state index in [0.29, 0.717) is 67.5 Å². The van der Waals surface area contributed by atoms with Crippen molar-refractivity contribution in [2.24, 2.45) is 0 Å². The number of aliphatic hydroxyl groups is 2. The van der Waals surface area contributed by atoms with Crippen LogP contribution < -0.4 is 10.6 Å². The van der Waals surface area contributed by atoms with Crippen molar-refractivity contribution in [1.29, 1.82) is 0 Å². The van der Waals surface area contributed by atoms with E-state index in [1.807, 2.05) is 6.07 Å². The van der Waals surface area contributed by atoms with Crippen molar-refractivity contribution in [3.05, 3.63) is 42.5 Å². The van der Waals surface area contributed by atoms with Gasteiger partial charge in [0.1, 0.15) is 17.2 Å². The van der Waals surface area contributed by atoms with E-state index in [9.17, 15) is 18.6 Å². The molecule has 6 rings (SSSR count). The molecule has 0 atom stereocenters. The molecular formula is C28H33N7O5S. The summed E-state index contributed by atoms with van der Waals surface area (Å²) in [5.74, 6) is 7.49. The van der Waals surface area contributed by atoms with E-state index in [0.717, 1.165) is 35.5 Å². The van der Waals surface area contributed by atoms with Crippen molar-refractivity contribution >= 4 is 27.3 Å². The van der Waals surface area contributed by atoms with E-state index in [2.05, 4.69) is 42.5 Å². The van der Waals surface area contributed by atoms with Gasteiger partial charge in [-0.25, -0.2) is 23.4 Å². The predicted molar refractivity (Wildman–Crippen MR) is 152 cm³/mol. The third-order valence-electron chi connectivity index (χ3n) is 7.65. The average molecular weight is 580 g/mol. The maximum absolute atomic E-state index is 12.5. The van der Waals surface area contributed by atoms with Crippen LogP contribution in [-0.4, -0.2) is 79.0 Å². The Morgan fingerprint density at radius 1 is 1.05 bits per heavy atom. The lowest BCUT2D eigenvalue weighted by Gasteiger charge is -2.28. The van der Waals surface area contributed by atoms with Crippen LogP contribution in [0.1, 0.15) is 56.9 Å². The summed E-state index contributed by atoms with van der Waals surface area (Å²) in [7, 11) is -3.48. The Labute approximate surface area is 238 Å². The number of pyridine rings is 1. The molecule has 2 saturated carbocycles. The summed E-state index contributed by atoms with van der Waals surface area (Å²) in [6, 6.07) is 3.72. The zero-order valence-corrected chi connectivity index (χ0v) is 23.3. The Bertz CT molecular complexity index is 1560. The molecule has 0 aromatic carbocycles. The highest BCUT2D eigenvalue weighted by Crippen LogP contribution is 2.31. The van der Waals surface area contributed by atoms with E-state index in [-0.39, 0.29) is 17.4 Å². The third kappa shape index (κ3) is 6.51. The molecule has 3 fully saturated rings. The first-order valence-corrected chi connectivity index (χ1v) is 15.5. The van der Waals surface area contributed by atoms with Crippen molar-refractivity contribution < 1.29 is 23.4 Å². The van der Waals surface area contributed by atoms with Gasteiger partial charge in [0.15, 0.2) is 5.82 Å². The number of nitrogens with zero attached hydrogens (tertiary/aromatic N) is 5. The van der Waals surface area contributed by atoms with Crippen LogP contribution in [0.15, 0.2) is 36.9 Å². The SMILES string of the molecule is O=S(=O)(C1CC1)n1cc(-c2nccc(Nc3cc(NC4CCC(O)CC4)c(C#CC4(O)CCOCC4)cn3)n2)cn1. The number of hydrogen-bond donors (Lipinski definition) is 4. The van der Waals surface area contributed by atoms with Gasteiger partial charge in [-0.15, -0.1) is 0 Å². The highest BCUT2D eigenvalue weighted by atomic mass is 32.2. The van der Waals surface area contributed by atoms with Gasteiger partial charge in [0.05, 0.1) is 53.8 Å². The normalized spacial score (nSPS) is 22.4. The first kappa shape index (κ1) is 27.6. The molecule has 2 aliphatic carbocycles. The Hall–Kier alpha value is -3.57. The van der Waals surface area contributed by atoms with Gasteiger partial charge in [0.25, 0.3) is 10.0 Å². The molecule has 12 nitrogen and oxygen atoms in total. The highest BCUT2D eigenvalue weighted by Gasteiger charge is 2.37. The molecule has 216 valence electrons. The van der Waals surface area contributed by atoms with Gasteiger partial charge < -0.3 is 25.6 Å². The number of aliphatic hydroxyl groups excluding tert-OH is 1. The van der Waals surface area contributed by atoms with Crippen LogP contribution in [0.25, 0.3) is 11.4 Å². The predicted octanol–water partition coefficient (Wildman–Crippen LogP) is 2.43. The van der Waals surface area contributed by atoms with Crippen LogP contribution in [0.2, 0.25) is 0 Å². The van der Waals surface area contributed by atoms with Crippen LogP contribution in [0, 0.1) is 11.8 Å². The largest absolute Gasteiger partial charge is 0.393 e. The van der Waals surface area contributed by atoms with Crippen LogP contribution >= 0.6 is 0 Å². The Balaban J connectivity index is 1.24. The van der Waals surface area contributed by atoms with Gasteiger partial charge in [-0.2, -0.15) is 9.19 Å². The number of aromatic nitrogens is 5. The third-order valence-corrected chi connectivity index (χ3v) is 9.68. The molecule has 3 aliphatic rings. The van der Waals surface area contributed by atoms with Crippen LogP contribution in [0.5, 0.6) is 0 Å². The lowest BCUT2D eigenvalue weighted by molar-refractivity contribution is -0.0261. The van der Waals surface area contributed by atoms with Crippen molar-refractivity contribution in [2.45, 2.75) is 74.4 Å². The van der Waals surface area contributed by atoms with Gasteiger partial charge in [-0.05, 0) is 44.6 Å². The second kappa shape index (κ2) is 11.4. The fraction of sp³-hybridized carbons (Fsp3) is 0.500. The average Bonchev–Trinajstić information content (AvgIpc) is 3.71. The molecule has 0 bridgehead atoms. The van der Waals surface area contributed by atoms with E-state index in [1.165, 1.54) is 12.4 Å². The van der Waals surface area contributed by atoms with Crippen molar-refractivity contribution in [2.75, 3.05) is 23.8 Å². The summed E-state index contributed by atoms with van der Waals surface area (Å²) < 4.78 is 31.4. The number of rotatable bonds is 7. The molecule has 3 aromatic rings. The van der Waals surface area contributed by atoms with Crippen molar-refractivity contribution in [3.63, 3.8) is 0 Å². The number of hydrogen-bond acceptors (Lipinski definition) is 11. The van der Waals surface area contributed by atoms with Gasteiger partial charge >= 0.3 is 0 Å². The Morgan fingerprint density at radius 3 is 2.59 bits per heavy atom. The number of anilines is 3. The summed E-state index contributed by atoms with van der Waals surface area (Å²) in [5.41, 5.74) is 0.830. The summed E-state index contributed by atoms with van der Waals surface area (Å²) in [4.78, 5) is 13.4.